The average Bonchev–Trinajstić information content (AvgIpc) is 3.14. The standard InChI is InChI=1S/C22H26FNO5S/c1-15-2-11-20(30-15)24(19-9-7-18(23)8-10-19)22(27)29-13-17-5-3-16(4-6-17)12-28-14-21(25)26/h2,7-11,16-17H,3-6,12-14H2,1H3,(H,25,26). The fraction of sp³-hybridized carbons (Fsp3) is 0.455. The number of thiophene rings is 1. The van der Waals surface area contributed by atoms with Crippen LogP contribution in [0.5, 0.6) is 0 Å². The van der Waals surface area contributed by atoms with Crippen LogP contribution < -0.4 is 4.90 Å². The molecule has 1 fully saturated rings. The van der Waals surface area contributed by atoms with Crippen LogP contribution in [0.3, 0.4) is 0 Å². The summed E-state index contributed by atoms with van der Waals surface area (Å²) in [5, 5.41) is 9.36. The highest BCUT2D eigenvalue weighted by Crippen LogP contribution is 2.34. The highest BCUT2D eigenvalue weighted by Gasteiger charge is 2.26. The Morgan fingerprint density at radius 1 is 1.07 bits per heavy atom. The number of carboxylic acid groups (broad SMARTS) is 1. The third kappa shape index (κ3) is 6.27. The number of carboxylic acids is 1. The number of amides is 1. The summed E-state index contributed by atoms with van der Waals surface area (Å²) >= 11 is 1.47. The van der Waals surface area contributed by atoms with Gasteiger partial charge in [0, 0.05) is 4.88 Å². The van der Waals surface area contributed by atoms with Gasteiger partial charge in [-0.3, -0.25) is 0 Å². The van der Waals surface area contributed by atoms with Crippen LogP contribution in [0.15, 0.2) is 36.4 Å². The van der Waals surface area contributed by atoms with Crippen LogP contribution in [0.1, 0.15) is 30.6 Å². The Bertz CT molecular complexity index is 845. The number of carbonyl (C=O) groups is 2. The summed E-state index contributed by atoms with van der Waals surface area (Å²) in [5.74, 6) is -0.702. The van der Waals surface area contributed by atoms with Crippen molar-refractivity contribution in [2.75, 3.05) is 24.7 Å². The van der Waals surface area contributed by atoms with Crippen molar-refractivity contribution in [2.24, 2.45) is 11.8 Å². The van der Waals surface area contributed by atoms with Gasteiger partial charge in [-0.05, 0) is 80.8 Å². The summed E-state index contributed by atoms with van der Waals surface area (Å²) < 4.78 is 24.1. The molecule has 0 atom stereocenters. The van der Waals surface area contributed by atoms with Gasteiger partial charge in [0.2, 0.25) is 0 Å². The normalized spacial score (nSPS) is 18.7. The molecule has 1 aromatic carbocycles. The lowest BCUT2D eigenvalue weighted by molar-refractivity contribution is -0.142. The van der Waals surface area contributed by atoms with E-state index in [0.29, 0.717) is 24.8 Å². The highest BCUT2D eigenvalue weighted by molar-refractivity contribution is 7.16. The summed E-state index contributed by atoms with van der Waals surface area (Å²) in [6.07, 6.45) is 3.18. The van der Waals surface area contributed by atoms with Gasteiger partial charge >= 0.3 is 12.1 Å². The molecule has 0 spiro atoms. The largest absolute Gasteiger partial charge is 0.480 e. The molecule has 1 aliphatic carbocycles. The third-order valence-corrected chi connectivity index (χ3v) is 6.19. The number of benzene rings is 1. The first-order valence-electron chi connectivity index (χ1n) is 10.0. The van der Waals surface area contributed by atoms with E-state index in [9.17, 15) is 14.0 Å². The number of halogens is 1. The molecule has 6 nitrogen and oxygen atoms in total. The number of nitrogens with zero attached hydrogens (tertiary/aromatic N) is 1. The van der Waals surface area contributed by atoms with Gasteiger partial charge in [0.1, 0.15) is 17.4 Å². The molecule has 8 heteroatoms. The Hall–Kier alpha value is -2.45. The highest BCUT2D eigenvalue weighted by atomic mass is 32.1. The van der Waals surface area contributed by atoms with Crippen LogP contribution >= 0.6 is 11.3 Å². The van der Waals surface area contributed by atoms with Gasteiger partial charge < -0.3 is 14.6 Å². The molecule has 0 radical (unpaired) electrons. The second-order valence-electron chi connectivity index (χ2n) is 7.57. The number of aryl methyl sites for hydroxylation is 1. The molecule has 0 bridgehead atoms. The quantitative estimate of drug-likeness (QED) is 0.603. The summed E-state index contributed by atoms with van der Waals surface area (Å²) in [7, 11) is 0. The van der Waals surface area contributed by atoms with Crippen molar-refractivity contribution < 1.29 is 28.6 Å². The minimum absolute atomic E-state index is 0.265. The fourth-order valence-electron chi connectivity index (χ4n) is 3.59. The number of carbonyl (C=O) groups excluding carboxylic acids is 1. The van der Waals surface area contributed by atoms with Gasteiger partial charge in [-0.15, -0.1) is 11.3 Å². The lowest BCUT2D eigenvalue weighted by Gasteiger charge is -2.28. The summed E-state index contributed by atoms with van der Waals surface area (Å²) in [6, 6.07) is 9.56. The summed E-state index contributed by atoms with van der Waals surface area (Å²) in [6.45, 7) is 2.47. The van der Waals surface area contributed by atoms with Gasteiger partial charge in [-0.25, -0.2) is 18.9 Å². The van der Waals surface area contributed by atoms with Crippen molar-refractivity contribution in [3.8, 4) is 0 Å². The van der Waals surface area contributed by atoms with Crippen molar-refractivity contribution in [3.63, 3.8) is 0 Å². The Kier molecular flexibility index (Phi) is 7.81. The van der Waals surface area contributed by atoms with E-state index in [2.05, 4.69) is 0 Å². The fourth-order valence-corrected chi connectivity index (χ4v) is 4.46. The molecule has 30 heavy (non-hydrogen) atoms. The molecule has 3 rings (SSSR count). The molecule has 1 aromatic heterocycles. The first-order valence-corrected chi connectivity index (χ1v) is 10.8. The number of ether oxygens (including phenoxy) is 2. The van der Waals surface area contributed by atoms with Crippen LogP contribution in [0.4, 0.5) is 19.9 Å². The van der Waals surface area contributed by atoms with Crippen molar-refractivity contribution in [1.82, 2.24) is 0 Å². The number of rotatable bonds is 8. The zero-order chi connectivity index (χ0) is 21.5. The molecular formula is C22H26FNO5S. The van der Waals surface area contributed by atoms with Crippen LogP contribution in [0.25, 0.3) is 0 Å². The first kappa shape index (κ1) is 22.2. The van der Waals surface area contributed by atoms with Crippen molar-refractivity contribution >= 4 is 34.1 Å². The predicted molar refractivity (Wildman–Crippen MR) is 113 cm³/mol. The maximum absolute atomic E-state index is 13.3. The van der Waals surface area contributed by atoms with E-state index in [-0.39, 0.29) is 18.3 Å². The molecule has 1 aliphatic rings. The molecule has 1 amide bonds. The monoisotopic (exact) mass is 435 g/mol. The lowest BCUT2D eigenvalue weighted by Crippen LogP contribution is -2.29. The van der Waals surface area contributed by atoms with E-state index >= 15 is 0 Å². The molecule has 1 saturated carbocycles. The van der Waals surface area contributed by atoms with E-state index in [1.54, 1.807) is 12.1 Å². The molecular weight excluding hydrogens is 409 g/mol. The molecule has 162 valence electrons. The Labute approximate surface area is 179 Å². The average molecular weight is 436 g/mol. The topological polar surface area (TPSA) is 76.1 Å². The van der Waals surface area contributed by atoms with Crippen LogP contribution in [0, 0.1) is 24.6 Å². The maximum Gasteiger partial charge on any atom is 0.419 e. The molecule has 0 aliphatic heterocycles. The van der Waals surface area contributed by atoms with E-state index in [1.807, 2.05) is 19.1 Å². The van der Waals surface area contributed by atoms with E-state index < -0.39 is 12.1 Å². The minimum atomic E-state index is -0.956. The minimum Gasteiger partial charge on any atom is -0.480 e. The third-order valence-electron chi connectivity index (χ3n) is 5.20. The molecule has 0 saturated heterocycles. The Morgan fingerprint density at radius 3 is 2.27 bits per heavy atom. The smallest absolute Gasteiger partial charge is 0.419 e. The zero-order valence-electron chi connectivity index (χ0n) is 16.9. The molecule has 2 aromatic rings. The summed E-state index contributed by atoms with van der Waals surface area (Å²) in [5.41, 5.74) is 0.558. The van der Waals surface area contributed by atoms with Crippen LogP contribution in [0.2, 0.25) is 0 Å². The number of hydrogen-bond donors (Lipinski definition) is 1. The molecule has 0 unspecified atom stereocenters. The van der Waals surface area contributed by atoms with Crippen molar-refractivity contribution in [2.45, 2.75) is 32.6 Å². The van der Waals surface area contributed by atoms with Crippen LogP contribution in [-0.4, -0.2) is 37.0 Å². The van der Waals surface area contributed by atoms with Crippen molar-refractivity contribution in [1.29, 1.82) is 0 Å². The van der Waals surface area contributed by atoms with Gasteiger partial charge in [0.25, 0.3) is 0 Å². The Morgan fingerprint density at radius 2 is 1.70 bits per heavy atom. The number of hydrogen-bond acceptors (Lipinski definition) is 5. The Balaban J connectivity index is 1.54. The predicted octanol–water partition coefficient (Wildman–Crippen LogP) is 5.38. The van der Waals surface area contributed by atoms with E-state index in [1.165, 1.54) is 28.4 Å². The molecule has 1 N–H and O–H groups in total. The van der Waals surface area contributed by atoms with Crippen molar-refractivity contribution in [3.05, 3.63) is 47.1 Å². The van der Waals surface area contributed by atoms with Gasteiger partial charge in [0.05, 0.1) is 18.9 Å². The van der Waals surface area contributed by atoms with Crippen LogP contribution in [-0.2, 0) is 14.3 Å². The second kappa shape index (κ2) is 10.5. The number of anilines is 2. The SMILES string of the molecule is Cc1ccc(N(C(=O)OCC2CCC(COCC(=O)O)CC2)c2ccc(F)cc2)s1. The molecule has 1 heterocycles. The maximum atomic E-state index is 13.3. The van der Waals surface area contributed by atoms with Gasteiger partial charge in [0.15, 0.2) is 0 Å². The van der Waals surface area contributed by atoms with Gasteiger partial charge in [-0.2, -0.15) is 0 Å². The zero-order valence-corrected chi connectivity index (χ0v) is 17.7. The summed E-state index contributed by atoms with van der Waals surface area (Å²) in [4.78, 5) is 26.0. The lowest BCUT2D eigenvalue weighted by atomic mass is 9.83. The number of aliphatic carboxylic acids is 1. The van der Waals surface area contributed by atoms with E-state index in [4.69, 9.17) is 14.6 Å². The van der Waals surface area contributed by atoms with Gasteiger partial charge in [-0.1, -0.05) is 0 Å². The first-order chi connectivity index (χ1) is 14.4. The second-order valence-corrected chi connectivity index (χ2v) is 8.83. The van der Waals surface area contributed by atoms with E-state index in [0.717, 1.165) is 35.6 Å².